The van der Waals surface area contributed by atoms with Crippen LogP contribution in [0.1, 0.15) is 38.4 Å². The Morgan fingerprint density at radius 2 is 2.08 bits per heavy atom. The third-order valence-corrected chi connectivity index (χ3v) is 4.84. The number of aromatic nitrogens is 5. The van der Waals surface area contributed by atoms with Gasteiger partial charge in [0.1, 0.15) is 11.1 Å². The number of hydrogen-bond acceptors (Lipinski definition) is 5. The van der Waals surface area contributed by atoms with Crippen molar-refractivity contribution in [2.24, 2.45) is 0 Å². The fraction of sp³-hybridized carbons (Fsp3) is 0.412. The second-order valence-corrected chi connectivity index (χ2v) is 7.43. The number of pyridine rings is 1. The quantitative estimate of drug-likeness (QED) is 0.528. The maximum atomic E-state index is 14.4. The second kappa shape index (κ2) is 5.66. The Morgan fingerprint density at radius 3 is 2.72 bits per heavy atom. The van der Waals surface area contributed by atoms with Crippen molar-refractivity contribution in [3.05, 3.63) is 40.6 Å². The van der Waals surface area contributed by atoms with Crippen molar-refractivity contribution in [2.45, 2.75) is 43.6 Å². The molecule has 25 heavy (non-hydrogen) atoms. The van der Waals surface area contributed by atoms with Gasteiger partial charge in [-0.3, -0.25) is 9.78 Å². The molecule has 1 fully saturated rings. The highest BCUT2D eigenvalue weighted by molar-refractivity contribution is 7.98. The van der Waals surface area contributed by atoms with Crippen LogP contribution >= 0.6 is 11.8 Å². The Hall–Kier alpha value is -2.22. The molecule has 6 nitrogen and oxygen atoms in total. The molecule has 0 radical (unpaired) electrons. The summed E-state index contributed by atoms with van der Waals surface area (Å²) in [6, 6.07) is 3.60. The first-order chi connectivity index (χ1) is 11.9. The number of alkyl halides is 1. The highest BCUT2D eigenvalue weighted by Gasteiger charge is 2.31. The van der Waals surface area contributed by atoms with Crippen LogP contribution in [0.3, 0.4) is 0 Å². The van der Waals surface area contributed by atoms with Gasteiger partial charge in [0.15, 0.2) is 10.8 Å². The van der Waals surface area contributed by atoms with Gasteiger partial charge in [-0.15, -0.1) is 0 Å². The Labute approximate surface area is 148 Å². The smallest absolute Gasteiger partial charge is 0.267 e. The topological polar surface area (TPSA) is 65.6 Å². The summed E-state index contributed by atoms with van der Waals surface area (Å²) in [5.74, 6) is 0. The van der Waals surface area contributed by atoms with E-state index in [0.29, 0.717) is 27.6 Å². The summed E-state index contributed by atoms with van der Waals surface area (Å²) in [6.07, 6.45) is 6.93. The van der Waals surface area contributed by atoms with Gasteiger partial charge in [0.2, 0.25) is 0 Å². The van der Waals surface area contributed by atoms with Crippen molar-refractivity contribution >= 4 is 22.8 Å². The summed E-state index contributed by atoms with van der Waals surface area (Å²) in [6.45, 7) is 2.93. The van der Waals surface area contributed by atoms with Crippen LogP contribution in [0.4, 0.5) is 4.39 Å². The third kappa shape index (κ3) is 2.74. The van der Waals surface area contributed by atoms with Gasteiger partial charge in [-0.05, 0) is 45.1 Å². The van der Waals surface area contributed by atoms with Crippen LogP contribution in [-0.4, -0.2) is 30.6 Å². The molecule has 8 heteroatoms. The van der Waals surface area contributed by atoms with E-state index < -0.39 is 5.67 Å². The van der Waals surface area contributed by atoms with Crippen molar-refractivity contribution < 1.29 is 4.39 Å². The SMILES string of the molecule is CSc1ncc2c(=O)n(C3CC3)n(-c3ccnc(C(C)(C)F)c3)c2n1. The third-order valence-electron chi connectivity index (χ3n) is 4.27. The van der Waals surface area contributed by atoms with Gasteiger partial charge < -0.3 is 0 Å². The zero-order chi connectivity index (χ0) is 17.8. The number of hydrogen-bond donors (Lipinski definition) is 0. The maximum Gasteiger partial charge on any atom is 0.278 e. The number of halogens is 1. The molecule has 0 spiro atoms. The van der Waals surface area contributed by atoms with Crippen molar-refractivity contribution in [3.8, 4) is 5.69 Å². The minimum Gasteiger partial charge on any atom is -0.267 e. The first-order valence-electron chi connectivity index (χ1n) is 8.10. The van der Waals surface area contributed by atoms with E-state index in [4.69, 9.17) is 0 Å². The van der Waals surface area contributed by atoms with Crippen LogP contribution in [0.5, 0.6) is 0 Å². The Morgan fingerprint density at radius 1 is 1.32 bits per heavy atom. The molecule has 0 N–H and O–H groups in total. The number of nitrogens with zero attached hydrogens (tertiary/aromatic N) is 5. The van der Waals surface area contributed by atoms with E-state index in [1.165, 1.54) is 25.6 Å². The molecule has 1 aliphatic carbocycles. The maximum absolute atomic E-state index is 14.4. The molecular formula is C17H18FN5OS. The van der Waals surface area contributed by atoms with Gasteiger partial charge in [-0.25, -0.2) is 23.7 Å². The minimum atomic E-state index is -1.57. The van der Waals surface area contributed by atoms with Crippen molar-refractivity contribution in [1.29, 1.82) is 0 Å². The lowest BCUT2D eigenvalue weighted by Crippen LogP contribution is -2.21. The van der Waals surface area contributed by atoms with E-state index in [2.05, 4.69) is 15.0 Å². The van der Waals surface area contributed by atoms with E-state index in [0.717, 1.165) is 12.8 Å². The van der Waals surface area contributed by atoms with Gasteiger partial charge in [-0.1, -0.05) is 11.8 Å². The van der Waals surface area contributed by atoms with Crippen LogP contribution in [-0.2, 0) is 5.67 Å². The lowest BCUT2D eigenvalue weighted by Gasteiger charge is -2.16. The largest absolute Gasteiger partial charge is 0.278 e. The average Bonchev–Trinajstić information content (AvgIpc) is 3.38. The predicted octanol–water partition coefficient (Wildman–Crippen LogP) is 3.24. The second-order valence-electron chi connectivity index (χ2n) is 6.66. The summed E-state index contributed by atoms with van der Waals surface area (Å²) in [4.78, 5) is 25.7. The van der Waals surface area contributed by atoms with Gasteiger partial charge >= 0.3 is 0 Å². The normalized spacial score (nSPS) is 15.0. The molecule has 0 aromatic carbocycles. The lowest BCUT2D eigenvalue weighted by atomic mass is 10.1. The molecule has 0 unspecified atom stereocenters. The zero-order valence-corrected chi connectivity index (χ0v) is 15.0. The van der Waals surface area contributed by atoms with E-state index in [1.54, 1.807) is 33.9 Å². The number of fused-ring (bicyclic) bond motifs is 1. The standard InChI is InChI=1S/C17H18FN5OS/c1-17(2,18)13-8-11(6-7-19-13)22-14-12(9-20-16(21-14)25-3)15(24)23(22)10-4-5-10/h6-10H,4-5H2,1-3H3. The van der Waals surface area contributed by atoms with Crippen molar-refractivity contribution in [2.75, 3.05) is 6.26 Å². The summed E-state index contributed by atoms with van der Waals surface area (Å²) >= 11 is 1.41. The highest BCUT2D eigenvalue weighted by atomic mass is 32.2. The van der Waals surface area contributed by atoms with Crippen LogP contribution < -0.4 is 5.56 Å². The number of rotatable bonds is 4. The lowest BCUT2D eigenvalue weighted by molar-refractivity contribution is 0.214. The summed E-state index contributed by atoms with van der Waals surface area (Å²) in [7, 11) is 0. The molecule has 0 amide bonds. The van der Waals surface area contributed by atoms with E-state index >= 15 is 0 Å². The van der Waals surface area contributed by atoms with Crippen molar-refractivity contribution in [1.82, 2.24) is 24.3 Å². The van der Waals surface area contributed by atoms with Crippen LogP contribution in [0.25, 0.3) is 16.7 Å². The first kappa shape index (κ1) is 16.3. The van der Waals surface area contributed by atoms with Gasteiger partial charge in [-0.2, -0.15) is 0 Å². The molecule has 3 heterocycles. The Kier molecular flexibility index (Phi) is 3.68. The molecule has 1 saturated carbocycles. The summed E-state index contributed by atoms with van der Waals surface area (Å²) in [5, 5.41) is 1.07. The zero-order valence-electron chi connectivity index (χ0n) is 14.2. The van der Waals surface area contributed by atoms with Gasteiger partial charge in [0, 0.05) is 12.4 Å². The summed E-state index contributed by atoms with van der Waals surface area (Å²) < 4.78 is 17.9. The minimum absolute atomic E-state index is 0.108. The van der Waals surface area contributed by atoms with Crippen molar-refractivity contribution in [3.63, 3.8) is 0 Å². The van der Waals surface area contributed by atoms with Gasteiger partial charge in [0.05, 0.1) is 17.4 Å². The Bertz CT molecular complexity index is 1020. The molecular weight excluding hydrogens is 341 g/mol. The predicted molar refractivity (Wildman–Crippen MR) is 95.1 cm³/mol. The molecule has 3 aromatic heterocycles. The van der Waals surface area contributed by atoms with E-state index in [9.17, 15) is 9.18 Å². The van der Waals surface area contributed by atoms with Gasteiger partial charge in [0.25, 0.3) is 5.56 Å². The van der Waals surface area contributed by atoms with E-state index in [-0.39, 0.29) is 11.6 Å². The molecule has 3 aromatic rings. The average molecular weight is 359 g/mol. The van der Waals surface area contributed by atoms with Crippen LogP contribution in [0, 0.1) is 0 Å². The molecule has 1 aliphatic rings. The fourth-order valence-electron chi connectivity index (χ4n) is 2.86. The molecule has 0 atom stereocenters. The fourth-order valence-corrected chi connectivity index (χ4v) is 3.19. The summed E-state index contributed by atoms with van der Waals surface area (Å²) in [5.41, 5.74) is -0.127. The molecule has 0 bridgehead atoms. The Balaban J connectivity index is 2.03. The van der Waals surface area contributed by atoms with Crippen LogP contribution in [0.15, 0.2) is 34.5 Å². The molecule has 0 saturated heterocycles. The van der Waals surface area contributed by atoms with E-state index in [1.807, 2.05) is 6.26 Å². The van der Waals surface area contributed by atoms with Crippen LogP contribution in [0.2, 0.25) is 0 Å². The molecule has 4 rings (SSSR count). The molecule has 130 valence electrons. The number of thioether (sulfide) groups is 1. The first-order valence-corrected chi connectivity index (χ1v) is 9.32. The highest BCUT2D eigenvalue weighted by Crippen LogP contribution is 2.36. The molecule has 0 aliphatic heterocycles. The monoisotopic (exact) mass is 359 g/mol.